The van der Waals surface area contributed by atoms with Gasteiger partial charge in [-0.05, 0) is 37.6 Å². The maximum absolute atomic E-state index is 11.8. The molecular weight excluding hydrogens is 294 g/mol. The summed E-state index contributed by atoms with van der Waals surface area (Å²) in [6, 6.07) is 12.9. The Bertz CT molecular complexity index is 688. The zero-order chi connectivity index (χ0) is 16.7. The fourth-order valence-corrected chi connectivity index (χ4v) is 1.99. The third-order valence-electron chi connectivity index (χ3n) is 3.17. The van der Waals surface area contributed by atoms with E-state index < -0.39 is 5.97 Å². The monoisotopic (exact) mass is 313 g/mol. The van der Waals surface area contributed by atoms with E-state index in [4.69, 9.17) is 9.15 Å². The fourth-order valence-electron chi connectivity index (χ4n) is 1.99. The molecule has 2 aromatic rings. The Labute approximate surface area is 134 Å². The van der Waals surface area contributed by atoms with Crippen LogP contribution in [0.3, 0.4) is 0 Å². The number of ether oxygens (including phenoxy) is 1. The van der Waals surface area contributed by atoms with Crippen molar-refractivity contribution in [2.75, 3.05) is 6.61 Å². The number of benzene rings is 1. The van der Waals surface area contributed by atoms with Gasteiger partial charge in [-0.3, -0.25) is 4.79 Å². The van der Waals surface area contributed by atoms with Crippen molar-refractivity contribution < 1.29 is 18.7 Å². The molecule has 0 spiro atoms. The lowest BCUT2D eigenvalue weighted by molar-refractivity contribution is -0.144. The predicted octanol–water partition coefficient (Wildman–Crippen LogP) is 3.02. The highest BCUT2D eigenvalue weighted by molar-refractivity contribution is 5.89. The maximum Gasteiger partial charge on any atom is 0.331 e. The molecule has 0 unspecified atom stereocenters. The number of aryl methyl sites for hydroxylation is 1. The SMILES string of the molecule is Cc1ccc(/C=C/C(=O)OCC(=O)N[C@H](C)c2ccccc2)o1. The first kappa shape index (κ1) is 16.5. The molecule has 0 aliphatic carbocycles. The van der Waals surface area contributed by atoms with Crippen LogP contribution in [0.5, 0.6) is 0 Å². The molecule has 1 N–H and O–H groups in total. The summed E-state index contributed by atoms with van der Waals surface area (Å²) in [5.41, 5.74) is 0.986. The zero-order valence-corrected chi connectivity index (χ0v) is 13.1. The number of hydrogen-bond donors (Lipinski definition) is 1. The second-order valence-corrected chi connectivity index (χ2v) is 5.09. The zero-order valence-electron chi connectivity index (χ0n) is 13.1. The second kappa shape index (κ2) is 7.98. The van der Waals surface area contributed by atoms with E-state index in [2.05, 4.69) is 5.32 Å². The van der Waals surface area contributed by atoms with Crippen molar-refractivity contribution in [2.24, 2.45) is 0 Å². The van der Waals surface area contributed by atoms with Gasteiger partial charge >= 0.3 is 5.97 Å². The van der Waals surface area contributed by atoms with Crippen LogP contribution in [0.1, 0.15) is 30.0 Å². The summed E-state index contributed by atoms with van der Waals surface area (Å²) < 4.78 is 10.2. The molecule has 0 bridgehead atoms. The largest absolute Gasteiger partial charge is 0.462 e. The molecule has 0 saturated carbocycles. The van der Waals surface area contributed by atoms with Crippen LogP contribution in [0, 0.1) is 6.92 Å². The topological polar surface area (TPSA) is 68.5 Å². The van der Waals surface area contributed by atoms with Gasteiger partial charge in [0.25, 0.3) is 5.91 Å². The molecule has 0 aliphatic heterocycles. The van der Waals surface area contributed by atoms with Crippen LogP contribution in [0.4, 0.5) is 0 Å². The van der Waals surface area contributed by atoms with Crippen LogP contribution < -0.4 is 5.32 Å². The van der Waals surface area contributed by atoms with Crippen LogP contribution >= 0.6 is 0 Å². The number of esters is 1. The second-order valence-electron chi connectivity index (χ2n) is 5.09. The van der Waals surface area contributed by atoms with Gasteiger partial charge in [0.1, 0.15) is 11.5 Å². The molecule has 0 fully saturated rings. The van der Waals surface area contributed by atoms with Crippen molar-refractivity contribution in [3.05, 3.63) is 65.6 Å². The molecule has 1 amide bonds. The number of carbonyl (C=O) groups excluding carboxylic acids is 2. The van der Waals surface area contributed by atoms with Crippen LogP contribution in [0.2, 0.25) is 0 Å². The molecule has 0 radical (unpaired) electrons. The average Bonchev–Trinajstić information content (AvgIpc) is 2.97. The van der Waals surface area contributed by atoms with Gasteiger partial charge in [-0.25, -0.2) is 4.79 Å². The number of furan rings is 1. The third-order valence-corrected chi connectivity index (χ3v) is 3.17. The van der Waals surface area contributed by atoms with Gasteiger partial charge in [-0.1, -0.05) is 30.3 Å². The van der Waals surface area contributed by atoms with Crippen molar-refractivity contribution in [1.82, 2.24) is 5.32 Å². The van der Waals surface area contributed by atoms with Crippen LogP contribution in [0.25, 0.3) is 6.08 Å². The minimum atomic E-state index is -0.596. The van der Waals surface area contributed by atoms with E-state index in [0.717, 1.165) is 11.3 Å². The molecule has 5 nitrogen and oxygen atoms in total. The summed E-state index contributed by atoms with van der Waals surface area (Å²) in [5.74, 6) is 0.368. The van der Waals surface area contributed by atoms with Crippen LogP contribution in [-0.2, 0) is 14.3 Å². The minimum absolute atomic E-state index is 0.149. The van der Waals surface area contributed by atoms with E-state index in [1.54, 1.807) is 12.1 Å². The van der Waals surface area contributed by atoms with Gasteiger partial charge in [0.2, 0.25) is 0 Å². The smallest absolute Gasteiger partial charge is 0.331 e. The van der Waals surface area contributed by atoms with E-state index in [1.165, 1.54) is 12.2 Å². The minimum Gasteiger partial charge on any atom is -0.462 e. The van der Waals surface area contributed by atoms with Gasteiger partial charge < -0.3 is 14.5 Å². The normalized spacial score (nSPS) is 12.1. The number of carbonyl (C=O) groups is 2. The highest BCUT2D eigenvalue weighted by atomic mass is 16.5. The predicted molar refractivity (Wildman–Crippen MR) is 86.4 cm³/mol. The molecule has 23 heavy (non-hydrogen) atoms. The summed E-state index contributed by atoms with van der Waals surface area (Å²) in [6.07, 6.45) is 2.73. The first-order chi connectivity index (χ1) is 11.0. The van der Waals surface area contributed by atoms with Gasteiger partial charge in [-0.2, -0.15) is 0 Å². The van der Waals surface area contributed by atoms with Gasteiger partial charge in [0, 0.05) is 6.08 Å². The van der Waals surface area contributed by atoms with Gasteiger partial charge in [0.15, 0.2) is 6.61 Å². The molecule has 2 rings (SSSR count). The quantitative estimate of drug-likeness (QED) is 0.657. The Balaban J connectivity index is 1.75. The fraction of sp³-hybridized carbons (Fsp3) is 0.222. The van der Waals surface area contributed by atoms with Crippen LogP contribution in [0.15, 0.2) is 53.0 Å². The van der Waals surface area contributed by atoms with E-state index >= 15 is 0 Å². The molecular formula is C18H19NO4. The molecule has 0 saturated heterocycles. The third kappa shape index (κ3) is 5.47. The molecule has 1 aromatic carbocycles. The Morgan fingerprint density at radius 2 is 1.96 bits per heavy atom. The van der Waals surface area contributed by atoms with E-state index in [0.29, 0.717) is 5.76 Å². The number of nitrogens with one attached hydrogen (secondary N) is 1. The molecule has 120 valence electrons. The Morgan fingerprint density at radius 1 is 1.22 bits per heavy atom. The highest BCUT2D eigenvalue weighted by Gasteiger charge is 2.10. The molecule has 1 heterocycles. The Kier molecular flexibility index (Phi) is 5.74. The first-order valence-corrected chi connectivity index (χ1v) is 7.30. The highest BCUT2D eigenvalue weighted by Crippen LogP contribution is 2.11. The van der Waals surface area contributed by atoms with Crippen molar-refractivity contribution in [3.8, 4) is 0 Å². The molecule has 0 aliphatic rings. The Hall–Kier alpha value is -2.82. The van der Waals surface area contributed by atoms with E-state index in [1.807, 2.05) is 44.2 Å². The summed E-state index contributed by atoms with van der Waals surface area (Å²) in [7, 11) is 0. The standard InChI is InChI=1S/C18H19NO4/c1-13-8-9-16(23-13)10-11-18(21)22-12-17(20)19-14(2)15-6-4-3-5-7-15/h3-11,14H,12H2,1-2H3,(H,19,20)/b11-10+/t14-/m1/s1. The summed E-state index contributed by atoms with van der Waals surface area (Å²) in [5, 5.41) is 2.77. The first-order valence-electron chi connectivity index (χ1n) is 7.30. The molecule has 1 atom stereocenters. The van der Waals surface area contributed by atoms with E-state index in [-0.39, 0.29) is 18.6 Å². The van der Waals surface area contributed by atoms with Gasteiger partial charge in [-0.15, -0.1) is 0 Å². The lowest BCUT2D eigenvalue weighted by atomic mass is 10.1. The van der Waals surface area contributed by atoms with Crippen molar-refractivity contribution >= 4 is 18.0 Å². The summed E-state index contributed by atoms with van der Waals surface area (Å²) in [6.45, 7) is 3.36. The van der Waals surface area contributed by atoms with E-state index in [9.17, 15) is 9.59 Å². The summed E-state index contributed by atoms with van der Waals surface area (Å²) >= 11 is 0. The molecule has 5 heteroatoms. The Morgan fingerprint density at radius 3 is 2.61 bits per heavy atom. The van der Waals surface area contributed by atoms with Crippen molar-refractivity contribution in [2.45, 2.75) is 19.9 Å². The number of amides is 1. The van der Waals surface area contributed by atoms with Crippen molar-refractivity contribution in [1.29, 1.82) is 0 Å². The molecule has 1 aromatic heterocycles. The van der Waals surface area contributed by atoms with Gasteiger partial charge in [0.05, 0.1) is 6.04 Å². The maximum atomic E-state index is 11.8. The lowest BCUT2D eigenvalue weighted by Crippen LogP contribution is -2.30. The van der Waals surface area contributed by atoms with Crippen LogP contribution in [-0.4, -0.2) is 18.5 Å². The average molecular weight is 313 g/mol. The van der Waals surface area contributed by atoms with Crippen molar-refractivity contribution in [3.63, 3.8) is 0 Å². The number of hydrogen-bond acceptors (Lipinski definition) is 4. The summed E-state index contributed by atoms with van der Waals surface area (Å²) in [4.78, 5) is 23.3. The lowest BCUT2D eigenvalue weighted by Gasteiger charge is -2.13. The number of rotatable bonds is 6.